The molecule has 1 unspecified atom stereocenters. The maximum Gasteiger partial charge on any atom is 0.394 e. The van der Waals surface area contributed by atoms with Crippen LogP contribution < -0.4 is 16.1 Å². The summed E-state index contributed by atoms with van der Waals surface area (Å²) in [5.41, 5.74) is 15.1. The summed E-state index contributed by atoms with van der Waals surface area (Å²) in [7, 11) is -3.78. The summed E-state index contributed by atoms with van der Waals surface area (Å²) in [5.74, 6) is -0.0578. The number of nitrogens with zero attached hydrogens (tertiary/aromatic N) is 4. The predicted octanol–water partition coefficient (Wildman–Crippen LogP) is 2.36. The number of benzene rings is 1. The number of ketones is 1. The molecule has 0 saturated carbocycles. The van der Waals surface area contributed by atoms with Crippen LogP contribution in [0.15, 0.2) is 41.3 Å². The largest absolute Gasteiger partial charge is 0.398 e. The Kier molecular flexibility index (Phi) is 4.56. The number of hydrogen-bond donors (Lipinski definition) is 3. The molecule has 0 amide bonds. The van der Waals surface area contributed by atoms with Gasteiger partial charge in [-0.2, -0.15) is 0 Å². The Morgan fingerprint density at radius 3 is 2.73 bits per heavy atom. The average Bonchev–Trinajstić information content (AvgIpc) is 3.27. The first-order chi connectivity index (χ1) is 14.1. The summed E-state index contributed by atoms with van der Waals surface area (Å²) >= 11 is 0. The zero-order chi connectivity index (χ0) is 21.6. The lowest BCUT2D eigenvalue weighted by Crippen LogP contribution is -2.07. The Bertz CT molecular complexity index is 1340. The third-order valence-corrected chi connectivity index (χ3v) is 4.81. The molecule has 0 aliphatic carbocycles. The highest BCUT2D eigenvalue weighted by Gasteiger charge is 2.21. The minimum atomic E-state index is -3.78. The Morgan fingerprint density at radius 2 is 2.03 bits per heavy atom. The Labute approximate surface area is 169 Å². The second kappa shape index (κ2) is 6.97. The molecule has 154 valence electrons. The van der Waals surface area contributed by atoms with Crippen molar-refractivity contribution in [3.05, 3.63) is 42.4 Å². The molecule has 12 heteroatoms. The van der Waals surface area contributed by atoms with E-state index in [1.165, 1.54) is 25.5 Å². The maximum atomic E-state index is 11.9. The minimum absolute atomic E-state index is 0.118. The first-order valence-corrected chi connectivity index (χ1v) is 10.7. The van der Waals surface area contributed by atoms with E-state index < -0.39 is 7.60 Å². The molecule has 0 radical (unpaired) electrons. The summed E-state index contributed by atoms with van der Waals surface area (Å²) < 4.78 is 21.7. The third kappa shape index (κ3) is 3.51. The van der Waals surface area contributed by atoms with E-state index in [0.29, 0.717) is 44.6 Å². The molecule has 0 bridgehead atoms. The Morgan fingerprint density at radius 1 is 1.27 bits per heavy atom. The monoisotopic (exact) mass is 428 g/mol. The van der Waals surface area contributed by atoms with Gasteiger partial charge in [-0.3, -0.25) is 9.78 Å². The lowest BCUT2D eigenvalue weighted by Gasteiger charge is -2.08. The van der Waals surface area contributed by atoms with Crippen molar-refractivity contribution >= 4 is 35.9 Å². The fraction of sp³-hybridized carbons (Fsp3) is 0.111. The van der Waals surface area contributed by atoms with Gasteiger partial charge < -0.3 is 25.5 Å². The van der Waals surface area contributed by atoms with Gasteiger partial charge in [-0.05, 0) is 19.1 Å². The predicted molar refractivity (Wildman–Crippen MR) is 110 cm³/mol. The van der Waals surface area contributed by atoms with E-state index in [4.69, 9.17) is 20.6 Å². The van der Waals surface area contributed by atoms with Gasteiger partial charge in [-0.15, -0.1) is 5.10 Å². The van der Waals surface area contributed by atoms with Gasteiger partial charge in [-0.25, -0.2) is 4.57 Å². The number of hydrogen-bond acceptors (Lipinski definition) is 9. The Hall–Kier alpha value is -3.69. The highest BCUT2D eigenvalue weighted by Crippen LogP contribution is 2.38. The van der Waals surface area contributed by atoms with E-state index in [0.717, 1.165) is 11.5 Å². The number of rotatable bonds is 5. The molecule has 1 aromatic carbocycles. The summed E-state index contributed by atoms with van der Waals surface area (Å²) in [6.45, 7) is 2.47. The number of pyridine rings is 1. The molecule has 5 N–H and O–H groups in total. The Balaban J connectivity index is 1.86. The SMILES string of the molecule is CC(=O)c1cc(-c2ncc(-c3cnn(OP(C)(=O)O)c3)c3onc(N)c23)ccc1N. The highest BCUT2D eigenvalue weighted by molar-refractivity contribution is 7.52. The molecule has 0 aliphatic rings. The van der Waals surface area contributed by atoms with Crippen molar-refractivity contribution in [2.75, 3.05) is 18.1 Å². The van der Waals surface area contributed by atoms with E-state index in [-0.39, 0.29) is 11.6 Å². The van der Waals surface area contributed by atoms with Crippen LogP contribution in [0.1, 0.15) is 17.3 Å². The van der Waals surface area contributed by atoms with Crippen LogP contribution in [-0.2, 0) is 4.57 Å². The minimum Gasteiger partial charge on any atom is -0.398 e. The molecule has 1 atom stereocenters. The molecular formula is C18H17N6O5P. The molecule has 4 aromatic rings. The molecule has 0 saturated heterocycles. The number of nitrogens with two attached hydrogens (primary N) is 2. The first kappa shape index (κ1) is 19.6. The van der Waals surface area contributed by atoms with Gasteiger partial charge in [0.05, 0.1) is 30.1 Å². The second-order valence-electron chi connectivity index (χ2n) is 6.67. The number of fused-ring (bicyclic) bond motifs is 1. The molecule has 0 spiro atoms. The average molecular weight is 428 g/mol. The van der Waals surface area contributed by atoms with Gasteiger partial charge in [0.1, 0.15) is 0 Å². The molecule has 3 heterocycles. The van der Waals surface area contributed by atoms with Crippen molar-refractivity contribution in [3.8, 4) is 22.4 Å². The zero-order valence-electron chi connectivity index (χ0n) is 15.9. The smallest absolute Gasteiger partial charge is 0.394 e. The van der Waals surface area contributed by atoms with E-state index in [1.807, 2.05) is 0 Å². The fourth-order valence-corrected chi connectivity index (χ4v) is 3.44. The number of nitrogen functional groups attached to an aromatic ring is 2. The van der Waals surface area contributed by atoms with E-state index in [2.05, 4.69) is 15.2 Å². The standard InChI is InChI=1S/C18H17N6O5P/c1-9(25)12-5-10(3-4-14(12)19)16-15-17(28-23-18(15)20)13(7-21-16)11-6-22-24(8-11)29-30(2,26)27/h3-8H,19H2,1-2H3,(H2,20,23)(H,26,27). The van der Waals surface area contributed by atoms with Crippen molar-refractivity contribution in [1.29, 1.82) is 0 Å². The van der Waals surface area contributed by atoms with Gasteiger partial charge in [0, 0.05) is 34.1 Å². The van der Waals surface area contributed by atoms with Crippen molar-refractivity contribution in [3.63, 3.8) is 0 Å². The van der Waals surface area contributed by atoms with E-state index in [1.54, 1.807) is 18.2 Å². The topological polar surface area (TPSA) is 172 Å². The zero-order valence-corrected chi connectivity index (χ0v) is 16.8. The summed E-state index contributed by atoms with van der Waals surface area (Å²) in [4.78, 5) is 26.6. The van der Waals surface area contributed by atoms with Crippen LogP contribution >= 0.6 is 7.60 Å². The second-order valence-corrected chi connectivity index (χ2v) is 8.44. The third-order valence-electron chi connectivity index (χ3n) is 4.33. The lowest BCUT2D eigenvalue weighted by molar-refractivity contribution is 0.101. The molecule has 3 aromatic heterocycles. The van der Waals surface area contributed by atoms with Crippen LogP contribution in [0.25, 0.3) is 33.4 Å². The fourth-order valence-electron chi connectivity index (χ4n) is 3.04. The number of carbonyl (C=O) groups is 1. The summed E-state index contributed by atoms with van der Waals surface area (Å²) in [6, 6.07) is 4.98. The van der Waals surface area contributed by atoms with Crippen molar-refractivity contribution < 1.29 is 23.4 Å². The molecule has 11 nitrogen and oxygen atoms in total. The van der Waals surface area contributed by atoms with Gasteiger partial charge in [0.25, 0.3) is 0 Å². The van der Waals surface area contributed by atoms with Crippen molar-refractivity contribution in [1.82, 2.24) is 20.1 Å². The molecule has 0 aliphatic heterocycles. The van der Waals surface area contributed by atoms with Gasteiger partial charge >= 0.3 is 7.60 Å². The van der Waals surface area contributed by atoms with Crippen LogP contribution in [-0.4, -0.2) is 37.4 Å². The number of carbonyl (C=O) groups excluding carboxylic acids is 1. The lowest BCUT2D eigenvalue weighted by atomic mass is 10.00. The van der Waals surface area contributed by atoms with Crippen molar-refractivity contribution in [2.45, 2.75) is 6.92 Å². The van der Waals surface area contributed by atoms with Gasteiger partial charge in [0.15, 0.2) is 17.2 Å². The molecule has 0 fully saturated rings. The van der Waals surface area contributed by atoms with Crippen molar-refractivity contribution in [2.24, 2.45) is 0 Å². The van der Waals surface area contributed by atoms with Crippen LogP contribution in [0, 0.1) is 0 Å². The van der Waals surface area contributed by atoms with E-state index >= 15 is 0 Å². The van der Waals surface area contributed by atoms with Crippen LogP contribution in [0.5, 0.6) is 0 Å². The molecule has 30 heavy (non-hydrogen) atoms. The molecular weight excluding hydrogens is 411 g/mol. The summed E-state index contributed by atoms with van der Waals surface area (Å²) in [6.07, 6.45) is 4.35. The summed E-state index contributed by atoms with van der Waals surface area (Å²) in [5, 5.41) is 8.19. The normalized spacial score (nSPS) is 13.3. The number of aromatic nitrogens is 4. The van der Waals surface area contributed by atoms with E-state index in [9.17, 15) is 14.3 Å². The van der Waals surface area contributed by atoms with Crippen LogP contribution in [0.4, 0.5) is 11.5 Å². The highest BCUT2D eigenvalue weighted by atomic mass is 31.2. The number of Topliss-reactive ketones (excluding diaryl/α,β-unsaturated/α-hetero) is 1. The quantitative estimate of drug-likeness (QED) is 0.243. The molecule has 4 rings (SSSR count). The van der Waals surface area contributed by atoms with Crippen LogP contribution in [0.2, 0.25) is 0 Å². The van der Waals surface area contributed by atoms with Crippen LogP contribution in [0.3, 0.4) is 0 Å². The number of anilines is 2. The maximum absolute atomic E-state index is 11.9. The van der Waals surface area contributed by atoms with Gasteiger partial charge in [0.2, 0.25) is 0 Å². The van der Waals surface area contributed by atoms with Gasteiger partial charge in [-0.1, -0.05) is 16.1 Å². The first-order valence-electron chi connectivity index (χ1n) is 8.64.